The number of nitrogens with zero attached hydrogens (tertiary/aromatic N) is 1. The Hall–Kier alpha value is -0.0800. The van der Waals surface area contributed by atoms with Crippen molar-refractivity contribution < 1.29 is 9.47 Å². The largest absolute Gasteiger partial charge is 0.385 e. The molecule has 1 heterocycles. The van der Waals surface area contributed by atoms with E-state index in [9.17, 15) is 0 Å². The average molecular weight is 427 g/mol. The monoisotopic (exact) mass is 427 g/mol. The topological polar surface area (TPSA) is 54.9 Å². The summed E-state index contributed by atoms with van der Waals surface area (Å²) in [5.74, 6) is 1.40. The van der Waals surface area contributed by atoms with E-state index in [0.717, 1.165) is 45.1 Å². The van der Waals surface area contributed by atoms with Gasteiger partial charge in [0, 0.05) is 46.4 Å². The molecule has 22 heavy (non-hydrogen) atoms. The molecule has 1 aliphatic rings. The van der Waals surface area contributed by atoms with Crippen LogP contribution in [-0.2, 0) is 9.47 Å². The maximum atomic E-state index is 6.02. The van der Waals surface area contributed by atoms with Gasteiger partial charge in [0.05, 0.1) is 6.10 Å². The van der Waals surface area contributed by atoms with Gasteiger partial charge in [0.15, 0.2) is 5.96 Å². The maximum Gasteiger partial charge on any atom is 0.190 e. The van der Waals surface area contributed by atoms with Gasteiger partial charge in [-0.05, 0) is 24.7 Å². The van der Waals surface area contributed by atoms with Crippen molar-refractivity contribution in [2.75, 3.05) is 40.5 Å². The van der Waals surface area contributed by atoms with Crippen LogP contribution in [0.2, 0.25) is 0 Å². The number of hydrogen-bond acceptors (Lipinski definition) is 3. The van der Waals surface area contributed by atoms with Gasteiger partial charge in [-0.1, -0.05) is 20.8 Å². The minimum absolute atomic E-state index is 0. The van der Waals surface area contributed by atoms with E-state index >= 15 is 0 Å². The lowest BCUT2D eigenvalue weighted by Gasteiger charge is -2.40. The van der Waals surface area contributed by atoms with Crippen LogP contribution in [-0.4, -0.2) is 52.5 Å². The van der Waals surface area contributed by atoms with Gasteiger partial charge >= 0.3 is 0 Å². The molecular weight excluding hydrogens is 393 g/mol. The first kappa shape index (κ1) is 21.9. The zero-order valence-corrected chi connectivity index (χ0v) is 17.1. The van der Waals surface area contributed by atoms with Gasteiger partial charge in [-0.25, -0.2) is 0 Å². The van der Waals surface area contributed by atoms with Crippen molar-refractivity contribution in [1.82, 2.24) is 10.6 Å². The van der Waals surface area contributed by atoms with Crippen molar-refractivity contribution in [3.05, 3.63) is 0 Å². The fraction of sp³-hybridized carbons (Fsp3) is 0.938. The van der Waals surface area contributed by atoms with E-state index in [4.69, 9.17) is 9.47 Å². The minimum atomic E-state index is 0. The second-order valence-electron chi connectivity index (χ2n) is 6.79. The molecule has 0 amide bonds. The van der Waals surface area contributed by atoms with Crippen LogP contribution in [0.1, 0.15) is 40.0 Å². The lowest BCUT2D eigenvalue weighted by atomic mass is 9.78. The van der Waals surface area contributed by atoms with Crippen LogP contribution in [0.5, 0.6) is 0 Å². The molecule has 0 aliphatic carbocycles. The molecule has 2 atom stereocenters. The van der Waals surface area contributed by atoms with E-state index in [-0.39, 0.29) is 29.4 Å². The van der Waals surface area contributed by atoms with Crippen LogP contribution in [0.15, 0.2) is 4.99 Å². The summed E-state index contributed by atoms with van der Waals surface area (Å²) < 4.78 is 11.1. The minimum Gasteiger partial charge on any atom is -0.385 e. The Balaban J connectivity index is 0.00000441. The number of halogens is 1. The van der Waals surface area contributed by atoms with Crippen molar-refractivity contribution >= 4 is 29.9 Å². The molecule has 132 valence electrons. The zero-order valence-electron chi connectivity index (χ0n) is 14.8. The van der Waals surface area contributed by atoms with E-state index in [2.05, 4.69) is 36.4 Å². The van der Waals surface area contributed by atoms with Crippen molar-refractivity contribution in [3.8, 4) is 0 Å². The molecule has 1 fully saturated rings. The molecule has 5 nitrogen and oxygen atoms in total. The molecule has 2 N–H and O–H groups in total. The molecule has 1 rings (SSSR count). The number of aliphatic imine (C=N–C) groups is 1. The predicted octanol–water partition coefficient (Wildman–Crippen LogP) is 2.65. The van der Waals surface area contributed by atoms with Crippen LogP contribution in [0.4, 0.5) is 0 Å². The Bertz CT molecular complexity index is 319. The van der Waals surface area contributed by atoms with Crippen LogP contribution < -0.4 is 10.6 Å². The number of nitrogens with one attached hydrogen (secondary N) is 2. The molecule has 0 bridgehead atoms. The SMILES string of the molecule is CN=C(NCCCOC)NCC1CCCOC1C(C)(C)C.I. The predicted molar refractivity (Wildman–Crippen MR) is 103 cm³/mol. The molecule has 0 aromatic carbocycles. The van der Waals surface area contributed by atoms with Crippen molar-refractivity contribution in [2.45, 2.75) is 46.1 Å². The van der Waals surface area contributed by atoms with E-state index in [1.807, 2.05) is 7.05 Å². The second-order valence-corrected chi connectivity index (χ2v) is 6.79. The number of ether oxygens (including phenoxy) is 2. The van der Waals surface area contributed by atoms with Gasteiger partial charge in [0.1, 0.15) is 0 Å². The van der Waals surface area contributed by atoms with Gasteiger partial charge in [-0.2, -0.15) is 0 Å². The quantitative estimate of drug-likeness (QED) is 0.296. The van der Waals surface area contributed by atoms with E-state index in [0.29, 0.717) is 12.0 Å². The summed E-state index contributed by atoms with van der Waals surface area (Å²) in [6, 6.07) is 0. The van der Waals surface area contributed by atoms with Crippen LogP contribution in [0, 0.1) is 11.3 Å². The lowest BCUT2D eigenvalue weighted by molar-refractivity contribution is -0.0835. The smallest absolute Gasteiger partial charge is 0.190 e. The highest BCUT2D eigenvalue weighted by Gasteiger charge is 2.35. The summed E-state index contributed by atoms with van der Waals surface area (Å²) in [6.07, 6.45) is 3.66. The zero-order chi connectivity index (χ0) is 15.7. The molecule has 2 unspecified atom stereocenters. The highest BCUT2D eigenvalue weighted by atomic mass is 127. The fourth-order valence-corrected chi connectivity index (χ4v) is 2.88. The van der Waals surface area contributed by atoms with E-state index in [1.54, 1.807) is 7.11 Å². The fourth-order valence-electron chi connectivity index (χ4n) is 2.88. The maximum absolute atomic E-state index is 6.02. The van der Waals surface area contributed by atoms with Crippen LogP contribution >= 0.6 is 24.0 Å². The van der Waals surface area contributed by atoms with E-state index < -0.39 is 0 Å². The van der Waals surface area contributed by atoms with Gasteiger partial charge < -0.3 is 20.1 Å². The van der Waals surface area contributed by atoms with Gasteiger partial charge in [-0.3, -0.25) is 4.99 Å². The summed E-state index contributed by atoms with van der Waals surface area (Å²) in [7, 11) is 3.53. The van der Waals surface area contributed by atoms with Crippen LogP contribution in [0.3, 0.4) is 0 Å². The third-order valence-corrected chi connectivity index (χ3v) is 3.87. The Morgan fingerprint density at radius 3 is 2.64 bits per heavy atom. The molecule has 6 heteroatoms. The number of methoxy groups -OCH3 is 1. The summed E-state index contributed by atoms with van der Waals surface area (Å²) in [4.78, 5) is 4.27. The lowest BCUT2D eigenvalue weighted by Crippen LogP contribution is -2.47. The molecule has 0 radical (unpaired) electrons. The highest BCUT2D eigenvalue weighted by molar-refractivity contribution is 14.0. The summed E-state index contributed by atoms with van der Waals surface area (Å²) in [5.41, 5.74) is 0.183. The molecule has 1 aliphatic heterocycles. The summed E-state index contributed by atoms with van der Waals surface area (Å²) >= 11 is 0. The third-order valence-electron chi connectivity index (χ3n) is 3.87. The first-order valence-electron chi connectivity index (χ1n) is 8.04. The number of rotatable bonds is 6. The molecule has 0 aromatic heterocycles. The number of hydrogen-bond donors (Lipinski definition) is 2. The van der Waals surface area contributed by atoms with Gasteiger partial charge in [0.25, 0.3) is 0 Å². The summed E-state index contributed by atoms with van der Waals surface area (Å²) in [5, 5.41) is 6.75. The second kappa shape index (κ2) is 11.5. The average Bonchev–Trinajstić information content (AvgIpc) is 2.46. The van der Waals surface area contributed by atoms with Crippen molar-refractivity contribution in [1.29, 1.82) is 0 Å². The van der Waals surface area contributed by atoms with Gasteiger partial charge in [0.2, 0.25) is 0 Å². The molecule has 0 aromatic rings. The highest BCUT2D eigenvalue weighted by Crippen LogP contribution is 2.33. The molecular formula is C16H34IN3O2. The summed E-state index contributed by atoms with van der Waals surface area (Å²) in [6.45, 7) is 10.2. The van der Waals surface area contributed by atoms with Gasteiger partial charge in [-0.15, -0.1) is 24.0 Å². The Kier molecular flexibility index (Phi) is 11.4. The molecule has 0 spiro atoms. The first-order chi connectivity index (χ1) is 9.99. The normalized spacial score (nSPS) is 22.9. The third kappa shape index (κ3) is 7.97. The Labute approximate surface area is 153 Å². The van der Waals surface area contributed by atoms with Crippen LogP contribution in [0.25, 0.3) is 0 Å². The number of guanidine groups is 1. The van der Waals surface area contributed by atoms with Crippen molar-refractivity contribution in [3.63, 3.8) is 0 Å². The molecule has 1 saturated heterocycles. The first-order valence-corrected chi connectivity index (χ1v) is 8.04. The standard InChI is InChI=1S/C16H33N3O2.HI/c1-16(2,3)14-13(8-6-11-21-14)12-19-15(17-4)18-9-7-10-20-5;/h13-14H,6-12H2,1-5H3,(H2,17,18,19);1H. The Morgan fingerprint density at radius 1 is 1.32 bits per heavy atom. The van der Waals surface area contributed by atoms with E-state index in [1.165, 1.54) is 6.42 Å². The Morgan fingerprint density at radius 2 is 2.05 bits per heavy atom. The molecule has 0 saturated carbocycles. The van der Waals surface area contributed by atoms with Crippen molar-refractivity contribution in [2.24, 2.45) is 16.3 Å².